The Bertz CT molecular complexity index is 903. The van der Waals surface area contributed by atoms with Gasteiger partial charge in [0.25, 0.3) is 0 Å². The first-order chi connectivity index (χ1) is 10.9. The van der Waals surface area contributed by atoms with Gasteiger partial charge in [0.2, 0.25) is 0 Å². The average Bonchev–Trinajstić information content (AvgIpc) is 3.01. The molecule has 23 heavy (non-hydrogen) atoms. The van der Waals surface area contributed by atoms with E-state index in [4.69, 9.17) is 0 Å². The van der Waals surface area contributed by atoms with Crippen molar-refractivity contribution in [2.24, 2.45) is 0 Å². The van der Waals surface area contributed by atoms with Gasteiger partial charge in [-0.1, -0.05) is 0 Å². The predicted octanol–water partition coefficient (Wildman–Crippen LogP) is 2.96. The highest BCUT2D eigenvalue weighted by molar-refractivity contribution is 7.03. The van der Waals surface area contributed by atoms with Crippen molar-refractivity contribution in [2.75, 3.05) is 12.4 Å². The number of anilines is 1. The summed E-state index contributed by atoms with van der Waals surface area (Å²) >= 11 is 1.21. The molecule has 3 aromatic rings. The number of halogens is 3. The van der Waals surface area contributed by atoms with Crippen molar-refractivity contribution in [3.63, 3.8) is 0 Å². The second-order valence-corrected chi connectivity index (χ2v) is 5.50. The molecule has 0 aliphatic carbocycles. The number of hydrogen-bond acceptors (Lipinski definition) is 5. The fraction of sp³-hybridized carbons (Fsp3) is 0.214. The van der Waals surface area contributed by atoms with E-state index in [-0.39, 0.29) is 17.9 Å². The van der Waals surface area contributed by atoms with Gasteiger partial charge < -0.3 is 5.32 Å². The highest BCUT2D eigenvalue weighted by Crippen LogP contribution is 2.32. The quantitative estimate of drug-likeness (QED) is 0.796. The zero-order valence-corrected chi connectivity index (χ0v) is 12.7. The summed E-state index contributed by atoms with van der Waals surface area (Å²) in [6.45, 7) is 0.115. The van der Waals surface area contributed by atoms with Crippen LogP contribution in [-0.2, 0) is 12.7 Å². The fourth-order valence-corrected chi connectivity index (χ4v) is 2.81. The monoisotopic (exact) mass is 340 g/mol. The maximum atomic E-state index is 13.0. The lowest BCUT2D eigenvalue weighted by molar-refractivity contribution is -0.137. The molecule has 1 N–H and O–H groups in total. The van der Waals surface area contributed by atoms with E-state index in [1.807, 2.05) is 0 Å². The van der Waals surface area contributed by atoms with Crippen LogP contribution in [0, 0.1) is 0 Å². The zero-order valence-electron chi connectivity index (χ0n) is 11.9. The molecule has 0 amide bonds. The molecule has 0 aliphatic rings. The molecule has 120 valence electrons. The topological polar surface area (TPSA) is 59.8 Å². The van der Waals surface area contributed by atoms with Crippen LogP contribution in [0.3, 0.4) is 0 Å². The molecule has 3 rings (SSSR count). The van der Waals surface area contributed by atoms with Crippen LogP contribution in [-0.4, -0.2) is 21.0 Å². The second-order valence-electron chi connectivity index (χ2n) is 4.84. The van der Waals surface area contributed by atoms with Crippen LogP contribution >= 0.6 is 11.5 Å². The first-order valence-corrected chi connectivity index (χ1v) is 7.41. The number of nitrogens with zero attached hydrogens (tertiary/aromatic N) is 3. The number of alkyl halides is 3. The van der Waals surface area contributed by atoms with E-state index in [2.05, 4.69) is 14.7 Å². The number of hydrogen-bond donors (Lipinski definition) is 1. The molecule has 0 aliphatic heterocycles. The van der Waals surface area contributed by atoms with Gasteiger partial charge in [0.05, 0.1) is 17.6 Å². The van der Waals surface area contributed by atoms with Crippen molar-refractivity contribution >= 4 is 28.3 Å². The SMILES string of the molecule is CNc1nc(=O)n(Cc2cnsc2)c2cc(C(F)(F)F)ccc12. The van der Waals surface area contributed by atoms with E-state index >= 15 is 0 Å². The Labute approximate surface area is 132 Å². The molecule has 9 heteroatoms. The normalized spacial score (nSPS) is 11.8. The van der Waals surface area contributed by atoms with Crippen molar-refractivity contribution in [3.05, 3.63) is 51.4 Å². The van der Waals surface area contributed by atoms with Crippen LogP contribution in [0.2, 0.25) is 0 Å². The van der Waals surface area contributed by atoms with Crippen LogP contribution in [0.25, 0.3) is 10.9 Å². The van der Waals surface area contributed by atoms with E-state index in [0.29, 0.717) is 5.39 Å². The summed E-state index contributed by atoms with van der Waals surface area (Å²) in [5.41, 5.74) is -0.521. The van der Waals surface area contributed by atoms with Gasteiger partial charge in [0, 0.05) is 29.6 Å². The minimum absolute atomic E-state index is 0.115. The third-order valence-electron chi connectivity index (χ3n) is 3.37. The van der Waals surface area contributed by atoms with Gasteiger partial charge >= 0.3 is 11.9 Å². The number of aromatic nitrogens is 3. The summed E-state index contributed by atoms with van der Waals surface area (Å²) in [6.07, 6.45) is -2.91. The zero-order chi connectivity index (χ0) is 16.6. The van der Waals surface area contributed by atoms with Crippen molar-refractivity contribution in [3.8, 4) is 0 Å². The largest absolute Gasteiger partial charge is 0.416 e. The van der Waals surface area contributed by atoms with Crippen molar-refractivity contribution in [2.45, 2.75) is 12.7 Å². The first-order valence-electron chi connectivity index (χ1n) is 6.58. The maximum Gasteiger partial charge on any atom is 0.416 e. The van der Waals surface area contributed by atoms with Crippen LogP contribution in [0.15, 0.2) is 34.6 Å². The van der Waals surface area contributed by atoms with Crippen molar-refractivity contribution in [1.29, 1.82) is 0 Å². The lowest BCUT2D eigenvalue weighted by Gasteiger charge is -2.14. The standard InChI is InChI=1S/C14H11F3N4OS/c1-18-12-10-3-2-9(14(15,16)17)4-11(10)21(13(22)20-12)6-8-5-19-23-7-8/h2-5,7H,6H2,1H3,(H,18,20,22). The number of fused-ring (bicyclic) bond motifs is 1. The highest BCUT2D eigenvalue weighted by atomic mass is 32.1. The van der Waals surface area contributed by atoms with Gasteiger partial charge in [-0.25, -0.2) is 9.17 Å². The molecule has 0 bridgehead atoms. The predicted molar refractivity (Wildman–Crippen MR) is 81.8 cm³/mol. The number of benzene rings is 1. The summed E-state index contributed by atoms with van der Waals surface area (Å²) < 4.78 is 44.1. The van der Waals surface area contributed by atoms with E-state index in [0.717, 1.165) is 17.7 Å². The fourth-order valence-electron chi connectivity index (χ4n) is 2.28. The lowest BCUT2D eigenvalue weighted by atomic mass is 10.1. The summed E-state index contributed by atoms with van der Waals surface area (Å²) in [7, 11) is 1.56. The van der Waals surface area contributed by atoms with Gasteiger partial charge in [-0.2, -0.15) is 18.2 Å². The Morgan fingerprint density at radius 2 is 2.13 bits per heavy atom. The minimum atomic E-state index is -4.48. The average molecular weight is 340 g/mol. The Morgan fingerprint density at radius 3 is 2.74 bits per heavy atom. The van der Waals surface area contributed by atoms with Gasteiger partial charge in [0.1, 0.15) is 5.82 Å². The molecular formula is C14H11F3N4OS. The van der Waals surface area contributed by atoms with E-state index in [1.165, 1.54) is 22.2 Å². The summed E-state index contributed by atoms with van der Waals surface area (Å²) in [4.78, 5) is 16.1. The third-order valence-corrected chi connectivity index (χ3v) is 4.01. The van der Waals surface area contributed by atoms with Gasteiger partial charge in [-0.3, -0.25) is 4.57 Å². The van der Waals surface area contributed by atoms with Gasteiger partial charge in [0.15, 0.2) is 0 Å². The molecule has 0 spiro atoms. The third kappa shape index (κ3) is 2.91. The first kappa shape index (κ1) is 15.5. The second kappa shape index (κ2) is 5.65. The summed E-state index contributed by atoms with van der Waals surface area (Å²) in [6, 6.07) is 3.27. The molecule has 0 unspecified atom stereocenters. The Hall–Kier alpha value is -2.42. The molecule has 0 atom stereocenters. The number of rotatable bonds is 3. The van der Waals surface area contributed by atoms with Crippen molar-refractivity contribution < 1.29 is 13.2 Å². The molecule has 0 saturated heterocycles. The lowest BCUT2D eigenvalue weighted by Crippen LogP contribution is -2.25. The van der Waals surface area contributed by atoms with Crippen LogP contribution in [0.4, 0.5) is 19.0 Å². The Balaban J connectivity index is 2.28. The molecule has 0 radical (unpaired) electrons. The maximum absolute atomic E-state index is 13.0. The van der Waals surface area contributed by atoms with E-state index in [9.17, 15) is 18.0 Å². The van der Waals surface area contributed by atoms with Crippen LogP contribution < -0.4 is 11.0 Å². The Morgan fingerprint density at radius 1 is 1.35 bits per heavy atom. The minimum Gasteiger partial charge on any atom is -0.372 e. The van der Waals surface area contributed by atoms with Gasteiger partial charge in [-0.15, -0.1) is 0 Å². The molecule has 0 saturated carbocycles. The van der Waals surface area contributed by atoms with E-state index < -0.39 is 17.4 Å². The molecule has 5 nitrogen and oxygen atoms in total. The molecular weight excluding hydrogens is 329 g/mol. The van der Waals surface area contributed by atoms with Crippen molar-refractivity contribution in [1.82, 2.24) is 13.9 Å². The molecule has 0 fully saturated rings. The molecule has 2 heterocycles. The van der Waals surface area contributed by atoms with Crippen LogP contribution in [0.1, 0.15) is 11.1 Å². The number of nitrogens with one attached hydrogen (secondary N) is 1. The Kier molecular flexibility index (Phi) is 3.80. The summed E-state index contributed by atoms with van der Waals surface area (Å²) in [5.74, 6) is 0.249. The van der Waals surface area contributed by atoms with Gasteiger partial charge in [-0.05, 0) is 29.7 Å². The summed E-state index contributed by atoms with van der Waals surface area (Å²) in [5, 5.41) is 4.92. The molecule has 2 aromatic heterocycles. The highest BCUT2D eigenvalue weighted by Gasteiger charge is 2.31. The smallest absolute Gasteiger partial charge is 0.372 e. The van der Waals surface area contributed by atoms with E-state index in [1.54, 1.807) is 18.6 Å². The molecule has 1 aromatic carbocycles. The van der Waals surface area contributed by atoms with Crippen LogP contribution in [0.5, 0.6) is 0 Å².